The molecule has 2 rings (SSSR count). The van der Waals surface area contributed by atoms with Gasteiger partial charge in [-0.25, -0.2) is 0 Å². The third-order valence-corrected chi connectivity index (χ3v) is 4.15. The summed E-state index contributed by atoms with van der Waals surface area (Å²) in [5.41, 5.74) is 6.51. The number of hydrogen-bond donors (Lipinski definition) is 2. The number of aliphatic carboxylic acids is 1. The highest BCUT2D eigenvalue weighted by Crippen LogP contribution is 2.28. The van der Waals surface area contributed by atoms with Crippen LogP contribution < -0.4 is 5.73 Å². The Morgan fingerprint density at radius 2 is 1.92 bits per heavy atom. The number of hydrogen-bond acceptors (Lipinski definition) is 5. The van der Waals surface area contributed by atoms with E-state index < -0.39 is 35.4 Å². The molecule has 6 heteroatoms. The normalized spacial score (nSPS) is 23.0. The van der Waals surface area contributed by atoms with Gasteiger partial charge in [-0.3, -0.25) is 14.5 Å². The van der Waals surface area contributed by atoms with Gasteiger partial charge in [-0.15, -0.1) is 0 Å². The second-order valence-electron chi connectivity index (χ2n) is 7.35. The van der Waals surface area contributed by atoms with Gasteiger partial charge in [0.2, 0.25) is 0 Å². The van der Waals surface area contributed by atoms with Gasteiger partial charge in [0.15, 0.2) is 0 Å². The average molecular weight is 334 g/mol. The lowest BCUT2D eigenvalue weighted by Crippen LogP contribution is -2.46. The molecule has 1 unspecified atom stereocenters. The number of ether oxygens (including phenoxy) is 1. The van der Waals surface area contributed by atoms with Gasteiger partial charge in [0.05, 0.1) is 5.92 Å². The standard InChI is InChI=1S/C18H26N2O4/c1-18(2,3)24-17(23)15(19)13-10-20(11-14(13)16(21)22)9-12-7-5-4-6-8-12/h4-8,13-15H,9-11,19H2,1-3H3,(H,21,22)/t13-,14-,15?/m1/s1. The number of nitrogens with zero attached hydrogens (tertiary/aromatic N) is 1. The molecule has 1 aromatic rings. The molecule has 1 fully saturated rings. The minimum absolute atomic E-state index is 0.380. The first-order valence-electron chi connectivity index (χ1n) is 8.15. The first kappa shape index (κ1) is 18.4. The first-order chi connectivity index (χ1) is 11.2. The summed E-state index contributed by atoms with van der Waals surface area (Å²) in [5.74, 6) is -2.59. The van der Waals surface area contributed by atoms with Crippen LogP contribution in [0.4, 0.5) is 0 Å². The van der Waals surface area contributed by atoms with E-state index >= 15 is 0 Å². The largest absolute Gasteiger partial charge is 0.481 e. The summed E-state index contributed by atoms with van der Waals surface area (Å²) in [4.78, 5) is 25.8. The second kappa shape index (κ2) is 7.32. The molecule has 0 spiro atoms. The summed E-state index contributed by atoms with van der Waals surface area (Å²) in [6.45, 7) is 6.79. The Bertz CT molecular complexity index is 582. The van der Waals surface area contributed by atoms with Gasteiger partial charge in [0.1, 0.15) is 11.6 Å². The van der Waals surface area contributed by atoms with Crippen molar-refractivity contribution in [2.75, 3.05) is 13.1 Å². The van der Waals surface area contributed by atoms with Gasteiger partial charge < -0.3 is 15.6 Å². The second-order valence-corrected chi connectivity index (χ2v) is 7.35. The number of carbonyl (C=O) groups excluding carboxylic acids is 1. The maximum absolute atomic E-state index is 12.2. The molecule has 24 heavy (non-hydrogen) atoms. The van der Waals surface area contributed by atoms with Crippen molar-refractivity contribution in [1.82, 2.24) is 4.90 Å². The zero-order chi connectivity index (χ0) is 17.9. The van der Waals surface area contributed by atoms with Crippen molar-refractivity contribution in [3.8, 4) is 0 Å². The molecule has 0 amide bonds. The van der Waals surface area contributed by atoms with Crippen LogP contribution in [-0.2, 0) is 20.9 Å². The number of likely N-dealkylation sites (tertiary alicyclic amines) is 1. The highest BCUT2D eigenvalue weighted by molar-refractivity contribution is 5.79. The van der Waals surface area contributed by atoms with E-state index in [1.165, 1.54) is 0 Å². The molecule has 1 aromatic carbocycles. The summed E-state index contributed by atoms with van der Waals surface area (Å²) >= 11 is 0. The van der Waals surface area contributed by atoms with E-state index in [1.54, 1.807) is 20.8 Å². The fourth-order valence-electron chi connectivity index (χ4n) is 3.05. The number of benzene rings is 1. The van der Waals surface area contributed by atoms with Crippen LogP contribution in [-0.4, -0.2) is 46.7 Å². The van der Waals surface area contributed by atoms with Crippen LogP contribution in [0.3, 0.4) is 0 Å². The van der Waals surface area contributed by atoms with Crippen molar-refractivity contribution in [1.29, 1.82) is 0 Å². The van der Waals surface area contributed by atoms with Gasteiger partial charge in [-0.05, 0) is 26.3 Å². The minimum Gasteiger partial charge on any atom is -0.481 e. The Labute approximate surface area is 142 Å². The van der Waals surface area contributed by atoms with E-state index in [0.717, 1.165) is 5.56 Å². The Morgan fingerprint density at radius 3 is 2.46 bits per heavy atom. The predicted octanol–water partition coefficient (Wildman–Crippen LogP) is 1.49. The van der Waals surface area contributed by atoms with Gasteiger partial charge in [-0.1, -0.05) is 30.3 Å². The van der Waals surface area contributed by atoms with Crippen molar-refractivity contribution in [3.05, 3.63) is 35.9 Å². The van der Waals surface area contributed by atoms with Crippen molar-refractivity contribution in [2.24, 2.45) is 17.6 Å². The number of esters is 1. The van der Waals surface area contributed by atoms with Crippen LogP contribution in [0.2, 0.25) is 0 Å². The minimum atomic E-state index is -0.939. The molecule has 1 saturated heterocycles. The number of nitrogens with two attached hydrogens (primary N) is 1. The highest BCUT2D eigenvalue weighted by Gasteiger charge is 2.44. The highest BCUT2D eigenvalue weighted by atomic mass is 16.6. The van der Waals surface area contributed by atoms with Crippen LogP contribution in [0, 0.1) is 11.8 Å². The Hall–Kier alpha value is -1.92. The van der Waals surface area contributed by atoms with Crippen molar-refractivity contribution < 1.29 is 19.4 Å². The summed E-state index contributed by atoms with van der Waals surface area (Å²) in [7, 11) is 0. The zero-order valence-electron chi connectivity index (χ0n) is 14.4. The third kappa shape index (κ3) is 4.79. The van der Waals surface area contributed by atoms with Crippen LogP contribution in [0.5, 0.6) is 0 Å². The average Bonchev–Trinajstić information content (AvgIpc) is 2.89. The molecule has 0 saturated carbocycles. The van der Waals surface area contributed by atoms with E-state index in [4.69, 9.17) is 10.5 Å². The lowest BCUT2D eigenvalue weighted by atomic mass is 9.89. The molecule has 0 aliphatic carbocycles. The number of carboxylic acids is 1. The molecule has 0 bridgehead atoms. The maximum atomic E-state index is 12.2. The molecule has 3 N–H and O–H groups in total. The topological polar surface area (TPSA) is 92.9 Å². The molecule has 0 radical (unpaired) electrons. The summed E-state index contributed by atoms with van der Waals surface area (Å²) < 4.78 is 5.32. The van der Waals surface area contributed by atoms with E-state index in [9.17, 15) is 14.7 Å². The van der Waals surface area contributed by atoms with Crippen molar-refractivity contribution in [3.63, 3.8) is 0 Å². The first-order valence-corrected chi connectivity index (χ1v) is 8.15. The summed E-state index contributed by atoms with van der Waals surface area (Å²) in [6.07, 6.45) is 0. The molecule has 1 heterocycles. The van der Waals surface area contributed by atoms with E-state index in [-0.39, 0.29) is 0 Å². The quantitative estimate of drug-likeness (QED) is 0.793. The molecule has 3 atom stereocenters. The Balaban J connectivity index is 2.07. The van der Waals surface area contributed by atoms with Crippen LogP contribution >= 0.6 is 0 Å². The van der Waals surface area contributed by atoms with E-state index in [1.807, 2.05) is 35.2 Å². The fraction of sp³-hybridized carbons (Fsp3) is 0.556. The molecular formula is C18H26N2O4. The Morgan fingerprint density at radius 1 is 1.29 bits per heavy atom. The lowest BCUT2D eigenvalue weighted by Gasteiger charge is -2.26. The molecule has 0 aromatic heterocycles. The molecule has 132 valence electrons. The van der Waals surface area contributed by atoms with Gasteiger partial charge in [0, 0.05) is 25.6 Å². The predicted molar refractivity (Wildman–Crippen MR) is 90.2 cm³/mol. The zero-order valence-corrected chi connectivity index (χ0v) is 14.4. The molecule has 1 aliphatic heterocycles. The summed E-state index contributed by atoms with van der Waals surface area (Å²) in [5, 5.41) is 9.50. The third-order valence-electron chi connectivity index (χ3n) is 4.15. The Kier molecular flexibility index (Phi) is 5.62. The number of carboxylic acid groups (broad SMARTS) is 1. The van der Waals surface area contributed by atoms with Crippen LogP contribution in [0.15, 0.2) is 30.3 Å². The molecule has 1 aliphatic rings. The monoisotopic (exact) mass is 334 g/mol. The van der Waals surface area contributed by atoms with Crippen LogP contribution in [0.25, 0.3) is 0 Å². The van der Waals surface area contributed by atoms with Crippen molar-refractivity contribution >= 4 is 11.9 Å². The molecule has 6 nitrogen and oxygen atoms in total. The number of rotatable bonds is 5. The molecular weight excluding hydrogens is 308 g/mol. The summed E-state index contributed by atoms with van der Waals surface area (Å²) in [6, 6.07) is 8.89. The van der Waals surface area contributed by atoms with Gasteiger partial charge in [-0.2, -0.15) is 0 Å². The van der Waals surface area contributed by atoms with Gasteiger partial charge >= 0.3 is 11.9 Å². The number of carbonyl (C=O) groups is 2. The maximum Gasteiger partial charge on any atom is 0.323 e. The lowest BCUT2D eigenvalue weighted by molar-refractivity contribution is -0.158. The SMILES string of the molecule is CC(C)(C)OC(=O)C(N)[C@@H]1CN(Cc2ccccc2)C[C@H]1C(=O)O. The smallest absolute Gasteiger partial charge is 0.323 e. The fourth-order valence-corrected chi connectivity index (χ4v) is 3.05. The van der Waals surface area contributed by atoms with Gasteiger partial charge in [0.25, 0.3) is 0 Å². The van der Waals surface area contributed by atoms with E-state index in [2.05, 4.69) is 0 Å². The van der Waals surface area contributed by atoms with Crippen LogP contribution in [0.1, 0.15) is 26.3 Å². The van der Waals surface area contributed by atoms with Crippen molar-refractivity contribution in [2.45, 2.75) is 39.0 Å². The van der Waals surface area contributed by atoms with E-state index in [0.29, 0.717) is 19.6 Å².